The van der Waals surface area contributed by atoms with Crippen molar-refractivity contribution >= 4 is 11.6 Å². The molecule has 0 aliphatic carbocycles. The number of nitrogens with one attached hydrogen (secondary N) is 1. The van der Waals surface area contributed by atoms with Crippen LogP contribution in [0.5, 0.6) is 0 Å². The summed E-state index contributed by atoms with van der Waals surface area (Å²) in [7, 11) is 0. The number of carbonyl (C=O) groups excluding carboxylic acids is 1. The van der Waals surface area contributed by atoms with E-state index in [2.05, 4.69) is 5.43 Å². The average molecular weight is 263 g/mol. The number of nitrogens with zero attached hydrogens (tertiary/aromatic N) is 1. The molecular weight excluding hydrogens is 242 g/mol. The monoisotopic (exact) mass is 263 g/mol. The van der Waals surface area contributed by atoms with E-state index in [0.717, 1.165) is 42.7 Å². The zero-order valence-electron chi connectivity index (χ0n) is 11.2. The van der Waals surface area contributed by atoms with Crippen molar-refractivity contribution in [2.75, 3.05) is 25.1 Å². The third-order valence-corrected chi connectivity index (χ3v) is 3.78. The fourth-order valence-electron chi connectivity index (χ4n) is 2.48. The SMILES string of the molecule is Cc1cc(NN)ccc1C(=O)N1CCC(CO)CC1. The Hall–Kier alpha value is -1.59. The van der Waals surface area contributed by atoms with E-state index >= 15 is 0 Å². The Morgan fingerprint density at radius 1 is 1.47 bits per heavy atom. The molecule has 4 N–H and O–H groups in total. The highest BCUT2D eigenvalue weighted by atomic mass is 16.3. The molecule has 1 heterocycles. The maximum absolute atomic E-state index is 12.4. The number of hydrogen-bond donors (Lipinski definition) is 3. The quantitative estimate of drug-likeness (QED) is 0.564. The number of amides is 1. The average Bonchev–Trinajstić information content (AvgIpc) is 2.46. The van der Waals surface area contributed by atoms with Crippen molar-refractivity contribution in [1.29, 1.82) is 0 Å². The Morgan fingerprint density at radius 2 is 2.16 bits per heavy atom. The van der Waals surface area contributed by atoms with Crippen LogP contribution in [0.3, 0.4) is 0 Å². The highest BCUT2D eigenvalue weighted by Gasteiger charge is 2.23. The van der Waals surface area contributed by atoms with Gasteiger partial charge < -0.3 is 15.4 Å². The molecule has 0 atom stereocenters. The molecule has 1 fully saturated rings. The van der Waals surface area contributed by atoms with Gasteiger partial charge in [0.15, 0.2) is 0 Å². The first-order chi connectivity index (χ1) is 9.15. The Balaban J connectivity index is 2.08. The van der Waals surface area contributed by atoms with Gasteiger partial charge >= 0.3 is 0 Å². The van der Waals surface area contributed by atoms with Crippen LogP contribution in [0.1, 0.15) is 28.8 Å². The molecule has 2 rings (SSSR count). The summed E-state index contributed by atoms with van der Waals surface area (Å²) in [5.74, 6) is 5.76. The van der Waals surface area contributed by atoms with Gasteiger partial charge in [-0.25, -0.2) is 0 Å². The van der Waals surface area contributed by atoms with Gasteiger partial charge in [-0.3, -0.25) is 10.6 Å². The summed E-state index contributed by atoms with van der Waals surface area (Å²) >= 11 is 0. The number of likely N-dealkylation sites (tertiary alicyclic amines) is 1. The van der Waals surface area contributed by atoms with Gasteiger partial charge in [-0.1, -0.05) is 0 Å². The van der Waals surface area contributed by atoms with Crippen LogP contribution in [-0.4, -0.2) is 35.6 Å². The molecule has 1 aromatic carbocycles. The summed E-state index contributed by atoms with van der Waals surface area (Å²) in [6.45, 7) is 3.58. The zero-order valence-corrected chi connectivity index (χ0v) is 11.2. The fourth-order valence-corrected chi connectivity index (χ4v) is 2.48. The number of hydrogen-bond acceptors (Lipinski definition) is 4. The highest BCUT2D eigenvalue weighted by molar-refractivity contribution is 5.96. The molecule has 0 bridgehead atoms. The smallest absolute Gasteiger partial charge is 0.254 e. The fraction of sp³-hybridized carbons (Fsp3) is 0.500. The zero-order chi connectivity index (χ0) is 13.8. The largest absolute Gasteiger partial charge is 0.396 e. The van der Waals surface area contributed by atoms with E-state index in [1.165, 1.54) is 0 Å². The van der Waals surface area contributed by atoms with Gasteiger partial charge in [0.2, 0.25) is 0 Å². The minimum Gasteiger partial charge on any atom is -0.396 e. The first-order valence-electron chi connectivity index (χ1n) is 6.63. The van der Waals surface area contributed by atoms with Crippen molar-refractivity contribution in [1.82, 2.24) is 4.90 Å². The number of hydrazine groups is 1. The molecule has 1 aliphatic rings. The molecule has 5 nitrogen and oxygen atoms in total. The predicted octanol–water partition coefficient (Wildman–Crippen LogP) is 1.13. The molecule has 1 amide bonds. The number of benzene rings is 1. The van der Waals surface area contributed by atoms with Crippen molar-refractivity contribution in [3.05, 3.63) is 29.3 Å². The van der Waals surface area contributed by atoms with Gasteiger partial charge in [-0.15, -0.1) is 0 Å². The Bertz CT molecular complexity index is 454. The van der Waals surface area contributed by atoms with E-state index in [-0.39, 0.29) is 12.5 Å². The van der Waals surface area contributed by atoms with Crippen molar-refractivity contribution in [3.63, 3.8) is 0 Å². The van der Waals surface area contributed by atoms with E-state index < -0.39 is 0 Å². The van der Waals surface area contributed by atoms with Gasteiger partial charge in [-0.05, 0) is 49.4 Å². The molecule has 1 aromatic rings. The lowest BCUT2D eigenvalue weighted by molar-refractivity contribution is 0.0650. The minimum atomic E-state index is 0.0671. The second-order valence-corrected chi connectivity index (χ2v) is 5.09. The van der Waals surface area contributed by atoms with E-state index in [1.54, 1.807) is 6.07 Å². The van der Waals surface area contributed by atoms with Gasteiger partial charge in [-0.2, -0.15) is 0 Å². The molecule has 0 radical (unpaired) electrons. The summed E-state index contributed by atoms with van der Waals surface area (Å²) in [5, 5.41) is 9.11. The number of nitrogen functional groups attached to an aromatic ring is 1. The van der Waals surface area contributed by atoms with Crippen molar-refractivity contribution in [2.45, 2.75) is 19.8 Å². The Morgan fingerprint density at radius 3 is 2.68 bits per heavy atom. The first-order valence-corrected chi connectivity index (χ1v) is 6.63. The van der Waals surface area contributed by atoms with Gasteiger partial charge in [0, 0.05) is 30.9 Å². The van der Waals surface area contributed by atoms with E-state index in [1.807, 2.05) is 24.0 Å². The van der Waals surface area contributed by atoms with Crippen molar-refractivity contribution in [2.24, 2.45) is 11.8 Å². The van der Waals surface area contributed by atoms with Crippen LogP contribution in [0.25, 0.3) is 0 Å². The number of anilines is 1. The molecule has 19 heavy (non-hydrogen) atoms. The Kier molecular flexibility index (Phi) is 4.39. The standard InChI is InChI=1S/C14H21N3O2/c1-10-8-12(16-15)2-3-13(10)14(19)17-6-4-11(9-18)5-7-17/h2-3,8,11,16,18H,4-7,9,15H2,1H3. The molecule has 0 unspecified atom stereocenters. The van der Waals surface area contributed by atoms with Gasteiger partial charge in [0.25, 0.3) is 5.91 Å². The molecule has 0 aromatic heterocycles. The summed E-state index contributed by atoms with van der Waals surface area (Å²) in [6.07, 6.45) is 1.76. The minimum absolute atomic E-state index is 0.0671. The van der Waals surface area contributed by atoms with Crippen molar-refractivity contribution < 1.29 is 9.90 Å². The number of piperidine rings is 1. The summed E-state index contributed by atoms with van der Waals surface area (Å²) in [5.41, 5.74) is 5.02. The lowest BCUT2D eigenvalue weighted by Crippen LogP contribution is -2.39. The van der Waals surface area contributed by atoms with E-state index in [4.69, 9.17) is 10.9 Å². The first kappa shape index (κ1) is 13.8. The van der Waals surface area contributed by atoms with E-state index in [0.29, 0.717) is 5.92 Å². The molecule has 104 valence electrons. The summed E-state index contributed by atoms with van der Waals surface area (Å²) in [4.78, 5) is 14.3. The van der Waals surface area contributed by atoms with Crippen LogP contribution < -0.4 is 11.3 Å². The molecule has 1 aliphatic heterocycles. The second-order valence-electron chi connectivity index (χ2n) is 5.09. The molecule has 0 saturated carbocycles. The number of aliphatic hydroxyl groups excluding tert-OH is 1. The lowest BCUT2D eigenvalue weighted by atomic mass is 9.97. The van der Waals surface area contributed by atoms with Crippen LogP contribution >= 0.6 is 0 Å². The normalized spacial score (nSPS) is 16.5. The maximum Gasteiger partial charge on any atom is 0.254 e. The highest BCUT2D eigenvalue weighted by Crippen LogP contribution is 2.21. The third kappa shape index (κ3) is 3.05. The summed E-state index contributed by atoms with van der Waals surface area (Å²) in [6, 6.07) is 5.49. The topological polar surface area (TPSA) is 78.6 Å². The van der Waals surface area contributed by atoms with Crippen LogP contribution in [-0.2, 0) is 0 Å². The van der Waals surface area contributed by atoms with Crippen LogP contribution in [0.2, 0.25) is 0 Å². The third-order valence-electron chi connectivity index (χ3n) is 3.78. The second kappa shape index (κ2) is 6.04. The predicted molar refractivity (Wildman–Crippen MR) is 74.7 cm³/mol. The van der Waals surface area contributed by atoms with Crippen LogP contribution in [0.4, 0.5) is 5.69 Å². The lowest BCUT2D eigenvalue weighted by Gasteiger charge is -2.31. The molecule has 0 spiro atoms. The molecular formula is C14H21N3O2. The van der Waals surface area contributed by atoms with Crippen molar-refractivity contribution in [3.8, 4) is 0 Å². The number of nitrogens with two attached hydrogens (primary N) is 1. The molecule has 5 heteroatoms. The Labute approximate surface area is 113 Å². The number of carbonyl (C=O) groups is 1. The van der Waals surface area contributed by atoms with Crippen LogP contribution in [0, 0.1) is 12.8 Å². The van der Waals surface area contributed by atoms with Gasteiger partial charge in [0.1, 0.15) is 0 Å². The van der Waals surface area contributed by atoms with Crippen LogP contribution in [0.15, 0.2) is 18.2 Å². The van der Waals surface area contributed by atoms with E-state index in [9.17, 15) is 4.79 Å². The number of aryl methyl sites for hydroxylation is 1. The summed E-state index contributed by atoms with van der Waals surface area (Å²) < 4.78 is 0. The molecule has 1 saturated heterocycles. The van der Waals surface area contributed by atoms with Gasteiger partial charge in [0.05, 0.1) is 0 Å². The number of rotatable bonds is 3. The number of aliphatic hydroxyl groups is 1. The maximum atomic E-state index is 12.4.